The molecule has 126 valence electrons. The van der Waals surface area contributed by atoms with Crippen LogP contribution in [0.1, 0.15) is 18.1 Å². The minimum absolute atomic E-state index is 0.282. The number of amides is 3. The number of nitriles is 1. The zero-order valence-electron chi connectivity index (χ0n) is 13.2. The van der Waals surface area contributed by atoms with E-state index in [0.29, 0.717) is 6.42 Å². The van der Waals surface area contributed by atoms with Crippen molar-refractivity contribution in [1.29, 1.82) is 5.26 Å². The van der Waals surface area contributed by atoms with E-state index in [4.69, 9.17) is 16.9 Å². The highest BCUT2D eigenvalue weighted by molar-refractivity contribution is 9.10. The lowest BCUT2D eigenvalue weighted by molar-refractivity contribution is -0.121. The smallest absolute Gasteiger partial charge is 0.323 e. The maximum atomic E-state index is 12.9. The first-order valence-corrected chi connectivity index (χ1v) is 8.61. The van der Waals surface area contributed by atoms with Crippen LogP contribution in [0.4, 0.5) is 10.5 Å². The van der Waals surface area contributed by atoms with Crippen molar-refractivity contribution in [2.75, 3.05) is 4.90 Å². The van der Waals surface area contributed by atoms with Crippen molar-refractivity contribution in [2.24, 2.45) is 0 Å². The van der Waals surface area contributed by atoms with Gasteiger partial charge in [0.2, 0.25) is 0 Å². The fourth-order valence-electron chi connectivity index (χ4n) is 2.82. The monoisotopic (exact) mass is 417 g/mol. The van der Waals surface area contributed by atoms with Gasteiger partial charge in [-0.3, -0.25) is 4.79 Å². The number of carbonyl (C=O) groups is 2. The van der Waals surface area contributed by atoms with E-state index in [1.807, 2.05) is 30.3 Å². The van der Waals surface area contributed by atoms with Gasteiger partial charge in [-0.1, -0.05) is 39.7 Å². The van der Waals surface area contributed by atoms with E-state index >= 15 is 0 Å². The van der Waals surface area contributed by atoms with Gasteiger partial charge >= 0.3 is 6.03 Å². The van der Waals surface area contributed by atoms with Crippen molar-refractivity contribution in [3.05, 3.63) is 63.1 Å². The van der Waals surface area contributed by atoms with Crippen LogP contribution in [0.15, 0.2) is 46.9 Å². The zero-order chi connectivity index (χ0) is 18.2. The molecule has 1 aliphatic rings. The summed E-state index contributed by atoms with van der Waals surface area (Å²) in [6, 6.07) is 13.4. The molecule has 0 spiro atoms. The molecule has 2 aromatic rings. The van der Waals surface area contributed by atoms with E-state index in [0.717, 1.165) is 14.9 Å². The number of urea groups is 1. The molecule has 0 aliphatic carbocycles. The third-order valence-electron chi connectivity index (χ3n) is 4.00. The molecule has 7 heteroatoms. The maximum absolute atomic E-state index is 12.9. The molecule has 3 rings (SSSR count). The SMILES string of the molecule is C[C@]1(Cc2ccc(Br)cc2)NC(=O)N(c2cc(Cl)cc(C#N)c2)C1=O. The van der Waals surface area contributed by atoms with Crippen LogP contribution in [0.3, 0.4) is 0 Å². The largest absolute Gasteiger partial charge is 0.329 e. The second-order valence-corrected chi connectivity index (χ2v) is 7.37. The van der Waals surface area contributed by atoms with E-state index in [-0.39, 0.29) is 22.2 Å². The first kappa shape index (κ1) is 17.5. The summed E-state index contributed by atoms with van der Waals surface area (Å²) in [5.41, 5.74) is 0.417. The molecule has 0 aromatic heterocycles. The Morgan fingerprint density at radius 3 is 2.56 bits per heavy atom. The van der Waals surface area contributed by atoms with Crippen LogP contribution >= 0.6 is 27.5 Å². The minimum Gasteiger partial charge on any atom is -0.323 e. The topological polar surface area (TPSA) is 73.2 Å². The van der Waals surface area contributed by atoms with E-state index in [9.17, 15) is 9.59 Å². The van der Waals surface area contributed by atoms with Crippen molar-refractivity contribution in [3.63, 3.8) is 0 Å². The van der Waals surface area contributed by atoms with Gasteiger partial charge in [-0.05, 0) is 42.8 Å². The summed E-state index contributed by atoms with van der Waals surface area (Å²) in [6.07, 6.45) is 0.354. The zero-order valence-corrected chi connectivity index (χ0v) is 15.6. The standard InChI is InChI=1S/C18H13BrClN3O2/c1-18(9-11-2-4-13(19)5-3-11)16(24)23(17(25)22-18)15-7-12(10-21)6-14(20)8-15/h2-8H,9H2,1H3,(H,22,25)/t18-/m1/s1. The lowest BCUT2D eigenvalue weighted by Crippen LogP contribution is -2.46. The van der Waals surface area contributed by atoms with E-state index in [2.05, 4.69) is 21.2 Å². The summed E-state index contributed by atoms with van der Waals surface area (Å²) in [4.78, 5) is 26.4. The van der Waals surface area contributed by atoms with Crippen LogP contribution in [0.2, 0.25) is 5.02 Å². The van der Waals surface area contributed by atoms with Gasteiger partial charge in [0.1, 0.15) is 5.54 Å². The highest BCUT2D eigenvalue weighted by atomic mass is 79.9. The van der Waals surface area contributed by atoms with Gasteiger partial charge in [0.25, 0.3) is 5.91 Å². The third kappa shape index (κ3) is 3.39. The Morgan fingerprint density at radius 1 is 1.24 bits per heavy atom. The summed E-state index contributed by atoms with van der Waals surface area (Å²) in [6.45, 7) is 1.69. The van der Waals surface area contributed by atoms with Gasteiger partial charge in [-0.15, -0.1) is 0 Å². The predicted octanol–water partition coefficient (Wildman–Crippen LogP) is 4.03. The van der Waals surface area contributed by atoms with Crippen molar-refractivity contribution in [2.45, 2.75) is 18.9 Å². The van der Waals surface area contributed by atoms with Crippen molar-refractivity contribution in [3.8, 4) is 6.07 Å². The van der Waals surface area contributed by atoms with Crippen LogP contribution in [0.25, 0.3) is 0 Å². The molecule has 1 atom stereocenters. The molecule has 1 N–H and O–H groups in total. The Hall–Kier alpha value is -2.36. The third-order valence-corrected chi connectivity index (χ3v) is 4.75. The summed E-state index contributed by atoms with van der Waals surface area (Å²) in [5.74, 6) is -0.383. The van der Waals surface area contributed by atoms with Crippen LogP contribution in [-0.2, 0) is 11.2 Å². The van der Waals surface area contributed by atoms with E-state index in [1.165, 1.54) is 18.2 Å². The molecule has 1 fully saturated rings. The number of hydrogen-bond donors (Lipinski definition) is 1. The summed E-state index contributed by atoms with van der Waals surface area (Å²) in [5, 5.41) is 12.1. The lowest BCUT2D eigenvalue weighted by Gasteiger charge is -2.22. The molecule has 0 radical (unpaired) electrons. The van der Waals surface area contributed by atoms with E-state index in [1.54, 1.807) is 6.92 Å². The second-order valence-electron chi connectivity index (χ2n) is 6.02. The fourth-order valence-corrected chi connectivity index (χ4v) is 3.31. The Balaban J connectivity index is 1.93. The Labute approximate surface area is 158 Å². The fraction of sp³-hybridized carbons (Fsp3) is 0.167. The number of hydrogen-bond acceptors (Lipinski definition) is 3. The molecular formula is C18H13BrClN3O2. The number of nitrogens with zero attached hydrogens (tertiary/aromatic N) is 2. The van der Waals surface area contributed by atoms with Gasteiger partial charge in [-0.25, -0.2) is 9.69 Å². The quantitative estimate of drug-likeness (QED) is 0.765. The van der Waals surface area contributed by atoms with Crippen molar-refractivity contribution in [1.82, 2.24) is 5.32 Å². The van der Waals surface area contributed by atoms with Crippen LogP contribution in [0.5, 0.6) is 0 Å². The molecule has 1 aliphatic heterocycles. The molecule has 2 aromatic carbocycles. The second kappa shape index (κ2) is 6.51. The first-order chi connectivity index (χ1) is 11.8. The number of benzene rings is 2. The minimum atomic E-state index is -1.07. The molecule has 0 unspecified atom stereocenters. The molecule has 3 amide bonds. The number of nitrogens with one attached hydrogen (secondary N) is 1. The molecule has 1 heterocycles. The Bertz CT molecular complexity index is 908. The summed E-state index contributed by atoms with van der Waals surface area (Å²) in [7, 11) is 0. The highest BCUT2D eigenvalue weighted by Gasteiger charge is 2.48. The molecule has 5 nitrogen and oxygen atoms in total. The van der Waals surface area contributed by atoms with Crippen LogP contribution in [-0.4, -0.2) is 17.5 Å². The van der Waals surface area contributed by atoms with Gasteiger partial charge in [-0.2, -0.15) is 5.26 Å². The summed E-state index contributed by atoms with van der Waals surface area (Å²) >= 11 is 9.36. The van der Waals surface area contributed by atoms with Crippen molar-refractivity contribution >= 4 is 45.2 Å². The van der Waals surface area contributed by atoms with E-state index < -0.39 is 11.6 Å². The number of carbonyl (C=O) groups excluding carboxylic acids is 2. The van der Waals surface area contributed by atoms with Crippen molar-refractivity contribution < 1.29 is 9.59 Å². The van der Waals surface area contributed by atoms with Gasteiger partial charge in [0, 0.05) is 15.9 Å². The normalized spacial score (nSPS) is 19.7. The Kier molecular flexibility index (Phi) is 4.55. The number of halogens is 2. The summed E-state index contributed by atoms with van der Waals surface area (Å²) < 4.78 is 0.938. The molecule has 1 saturated heterocycles. The molecular weight excluding hydrogens is 406 g/mol. The highest BCUT2D eigenvalue weighted by Crippen LogP contribution is 2.30. The number of rotatable bonds is 3. The predicted molar refractivity (Wildman–Crippen MR) is 98.4 cm³/mol. The van der Waals surface area contributed by atoms with Crippen LogP contribution < -0.4 is 10.2 Å². The average Bonchev–Trinajstić information content (AvgIpc) is 2.78. The average molecular weight is 419 g/mol. The molecule has 0 bridgehead atoms. The molecule has 25 heavy (non-hydrogen) atoms. The van der Waals surface area contributed by atoms with Crippen LogP contribution in [0, 0.1) is 11.3 Å². The molecule has 0 saturated carbocycles. The van der Waals surface area contributed by atoms with Gasteiger partial charge in [0.05, 0.1) is 17.3 Å². The number of anilines is 1. The lowest BCUT2D eigenvalue weighted by atomic mass is 9.93. The maximum Gasteiger partial charge on any atom is 0.329 e. The first-order valence-electron chi connectivity index (χ1n) is 7.44. The Morgan fingerprint density at radius 2 is 1.92 bits per heavy atom. The number of imide groups is 1. The van der Waals surface area contributed by atoms with Gasteiger partial charge < -0.3 is 5.32 Å². The van der Waals surface area contributed by atoms with Gasteiger partial charge in [0.15, 0.2) is 0 Å².